The van der Waals surface area contributed by atoms with Gasteiger partial charge in [0, 0.05) is 12.0 Å². The Kier molecular flexibility index (Phi) is 5.27. The molecule has 1 aromatic carbocycles. The molecule has 5 nitrogen and oxygen atoms in total. The average Bonchev–Trinajstić information content (AvgIpc) is 2.44. The first-order valence-electron chi connectivity index (χ1n) is 6.27. The van der Waals surface area contributed by atoms with Crippen LogP contribution in [0.5, 0.6) is 0 Å². The van der Waals surface area contributed by atoms with Crippen LogP contribution >= 0.6 is 0 Å². The van der Waals surface area contributed by atoms with Crippen LogP contribution in [0.25, 0.3) is 0 Å². The van der Waals surface area contributed by atoms with Crippen molar-refractivity contribution in [3.8, 4) is 6.07 Å². The molecular formula is C15H18N2O3. The van der Waals surface area contributed by atoms with Crippen LogP contribution in [0.2, 0.25) is 0 Å². The number of carbonyl (C=O) groups is 2. The second-order valence-electron chi connectivity index (χ2n) is 4.80. The molecule has 106 valence electrons. The van der Waals surface area contributed by atoms with Crippen molar-refractivity contribution in [2.75, 3.05) is 7.11 Å². The number of nitrogens with zero attached hydrogens (tertiary/aromatic N) is 1. The molecule has 1 atom stereocenters. The molecule has 0 heterocycles. The summed E-state index contributed by atoms with van der Waals surface area (Å²) in [4.78, 5) is 24.0. The number of carbonyl (C=O) groups excluding carboxylic acids is 2. The van der Waals surface area contributed by atoms with Crippen LogP contribution in [0.4, 0.5) is 0 Å². The van der Waals surface area contributed by atoms with Gasteiger partial charge in [-0.15, -0.1) is 0 Å². The number of hydrogen-bond acceptors (Lipinski definition) is 4. The Bertz CT molecular complexity index is 531. The number of rotatable bonds is 5. The lowest BCUT2D eigenvalue weighted by Gasteiger charge is -2.27. The van der Waals surface area contributed by atoms with E-state index in [1.165, 1.54) is 7.11 Å². The molecule has 0 saturated heterocycles. The van der Waals surface area contributed by atoms with Crippen LogP contribution in [0.1, 0.15) is 35.7 Å². The molecule has 0 aliphatic heterocycles. The van der Waals surface area contributed by atoms with Gasteiger partial charge in [0.1, 0.15) is 5.54 Å². The Morgan fingerprint density at radius 1 is 1.35 bits per heavy atom. The molecule has 5 heteroatoms. The largest absolute Gasteiger partial charge is 0.467 e. The van der Waals surface area contributed by atoms with Crippen molar-refractivity contribution in [2.45, 2.75) is 32.2 Å². The van der Waals surface area contributed by atoms with Gasteiger partial charge >= 0.3 is 5.97 Å². The number of methoxy groups -OCH3 is 1. The first-order chi connectivity index (χ1) is 9.42. The predicted octanol–water partition coefficient (Wildman–Crippen LogP) is 1.96. The molecule has 0 spiro atoms. The maximum atomic E-state index is 12.2. The summed E-state index contributed by atoms with van der Waals surface area (Å²) >= 11 is 0. The van der Waals surface area contributed by atoms with E-state index in [2.05, 4.69) is 5.32 Å². The van der Waals surface area contributed by atoms with Crippen LogP contribution < -0.4 is 5.32 Å². The quantitative estimate of drug-likeness (QED) is 0.832. The smallest absolute Gasteiger partial charge is 0.331 e. The number of hydrogen-bond donors (Lipinski definition) is 1. The van der Waals surface area contributed by atoms with Crippen LogP contribution in [-0.4, -0.2) is 24.5 Å². The molecule has 0 aromatic heterocycles. The molecule has 1 rings (SSSR count). The van der Waals surface area contributed by atoms with Crippen molar-refractivity contribution in [1.29, 1.82) is 5.26 Å². The first-order valence-corrected chi connectivity index (χ1v) is 6.27. The molecule has 0 saturated carbocycles. The molecule has 1 amide bonds. The third-order valence-corrected chi connectivity index (χ3v) is 3.08. The van der Waals surface area contributed by atoms with Gasteiger partial charge in [-0.1, -0.05) is 17.7 Å². The van der Waals surface area contributed by atoms with Gasteiger partial charge in [0.05, 0.1) is 13.2 Å². The highest BCUT2D eigenvalue weighted by Gasteiger charge is 2.35. The minimum Gasteiger partial charge on any atom is -0.467 e. The molecule has 1 N–H and O–H groups in total. The third kappa shape index (κ3) is 3.82. The number of nitrogens with one attached hydrogen (secondary N) is 1. The summed E-state index contributed by atoms with van der Waals surface area (Å²) in [5.74, 6) is -0.927. The monoisotopic (exact) mass is 274 g/mol. The van der Waals surface area contributed by atoms with Crippen molar-refractivity contribution >= 4 is 11.9 Å². The maximum absolute atomic E-state index is 12.2. The lowest BCUT2D eigenvalue weighted by atomic mass is 9.95. The average molecular weight is 274 g/mol. The molecule has 0 aliphatic rings. The Hall–Kier alpha value is -2.35. The highest BCUT2D eigenvalue weighted by atomic mass is 16.5. The SMILES string of the molecule is COC(=O)[C@@](C)(CCC#N)NC(=O)c1ccc(C)cc1. The number of amides is 1. The summed E-state index contributed by atoms with van der Waals surface area (Å²) in [6, 6.07) is 8.98. The Morgan fingerprint density at radius 3 is 2.45 bits per heavy atom. The molecular weight excluding hydrogens is 256 g/mol. The minimum atomic E-state index is -1.20. The summed E-state index contributed by atoms with van der Waals surface area (Å²) in [7, 11) is 1.25. The van der Waals surface area contributed by atoms with Gasteiger partial charge in [-0.25, -0.2) is 4.79 Å². The van der Waals surface area contributed by atoms with E-state index in [-0.39, 0.29) is 18.7 Å². The van der Waals surface area contributed by atoms with Crippen molar-refractivity contribution in [1.82, 2.24) is 5.32 Å². The van der Waals surface area contributed by atoms with Gasteiger partial charge in [-0.2, -0.15) is 5.26 Å². The molecule has 1 aromatic rings. The number of nitriles is 1. The van der Waals surface area contributed by atoms with E-state index in [1.54, 1.807) is 19.1 Å². The van der Waals surface area contributed by atoms with Crippen LogP contribution in [-0.2, 0) is 9.53 Å². The van der Waals surface area contributed by atoms with Crippen LogP contribution in [0.15, 0.2) is 24.3 Å². The van der Waals surface area contributed by atoms with Gasteiger partial charge in [0.2, 0.25) is 0 Å². The van der Waals surface area contributed by atoms with E-state index in [0.29, 0.717) is 5.56 Å². The molecule has 0 unspecified atom stereocenters. The summed E-state index contributed by atoms with van der Waals surface area (Å²) in [6.07, 6.45) is 0.355. The highest BCUT2D eigenvalue weighted by Crippen LogP contribution is 2.15. The summed E-state index contributed by atoms with van der Waals surface area (Å²) < 4.78 is 4.71. The first kappa shape index (κ1) is 15.7. The Labute approximate surface area is 118 Å². The van der Waals surface area contributed by atoms with Crippen molar-refractivity contribution < 1.29 is 14.3 Å². The van der Waals surface area contributed by atoms with Gasteiger partial charge < -0.3 is 10.1 Å². The third-order valence-electron chi connectivity index (χ3n) is 3.08. The molecule has 0 bridgehead atoms. The summed E-state index contributed by atoms with van der Waals surface area (Å²) in [5.41, 5.74) is 0.302. The maximum Gasteiger partial charge on any atom is 0.331 e. The topological polar surface area (TPSA) is 79.2 Å². The molecule has 0 fully saturated rings. The zero-order valence-corrected chi connectivity index (χ0v) is 11.9. The lowest BCUT2D eigenvalue weighted by Crippen LogP contribution is -2.52. The van der Waals surface area contributed by atoms with Crippen molar-refractivity contribution in [3.63, 3.8) is 0 Å². The van der Waals surface area contributed by atoms with E-state index in [9.17, 15) is 9.59 Å². The van der Waals surface area contributed by atoms with Gasteiger partial charge in [-0.05, 0) is 32.4 Å². The zero-order chi connectivity index (χ0) is 15.2. The Balaban J connectivity index is 2.89. The molecule has 0 radical (unpaired) electrons. The van der Waals surface area contributed by atoms with E-state index in [0.717, 1.165) is 5.56 Å². The number of benzene rings is 1. The lowest BCUT2D eigenvalue weighted by molar-refractivity contribution is -0.147. The second-order valence-corrected chi connectivity index (χ2v) is 4.80. The van der Waals surface area contributed by atoms with E-state index in [1.807, 2.05) is 25.1 Å². The van der Waals surface area contributed by atoms with Crippen LogP contribution in [0.3, 0.4) is 0 Å². The normalized spacial score (nSPS) is 12.9. The number of esters is 1. The predicted molar refractivity (Wildman–Crippen MR) is 73.9 cm³/mol. The van der Waals surface area contributed by atoms with Gasteiger partial charge in [-0.3, -0.25) is 4.79 Å². The van der Waals surface area contributed by atoms with E-state index < -0.39 is 11.5 Å². The second kappa shape index (κ2) is 6.71. The summed E-state index contributed by atoms with van der Waals surface area (Å²) in [5, 5.41) is 11.3. The number of aryl methyl sites for hydroxylation is 1. The van der Waals surface area contributed by atoms with Gasteiger partial charge in [0.15, 0.2) is 0 Å². The standard InChI is InChI=1S/C15H18N2O3/c1-11-5-7-12(8-6-11)13(18)17-15(2,9-4-10-16)14(19)20-3/h5-8H,4,9H2,1-3H3,(H,17,18)/t15-/m1/s1. The fraction of sp³-hybridized carbons (Fsp3) is 0.400. The van der Waals surface area contributed by atoms with E-state index >= 15 is 0 Å². The fourth-order valence-corrected chi connectivity index (χ4v) is 1.77. The van der Waals surface area contributed by atoms with E-state index in [4.69, 9.17) is 10.00 Å². The highest BCUT2D eigenvalue weighted by molar-refractivity contribution is 5.98. The summed E-state index contributed by atoms with van der Waals surface area (Å²) in [6.45, 7) is 3.48. The zero-order valence-electron chi connectivity index (χ0n) is 11.9. The number of ether oxygens (including phenoxy) is 1. The minimum absolute atomic E-state index is 0.153. The molecule has 20 heavy (non-hydrogen) atoms. The molecule has 0 aliphatic carbocycles. The van der Waals surface area contributed by atoms with Gasteiger partial charge in [0.25, 0.3) is 5.91 Å². The van der Waals surface area contributed by atoms with Crippen LogP contribution in [0, 0.1) is 18.3 Å². The fourth-order valence-electron chi connectivity index (χ4n) is 1.77. The Morgan fingerprint density at radius 2 is 1.95 bits per heavy atom. The van der Waals surface area contributed by atoms with Crippen molar-refractivity contribution in [2.24, 2.45) is 0 Å². The van der Waals surface area contributed by atoms with Crippen molar-refractivity contribution in [3.05, 3.63) is 35.4 Å².